The molecule has 3 rings (SSSR count). The number of hydrogen-bond donors (Lipinski definition) is 1. The number of nitrogens with one attached hydrogen (secondary N) is 1. The Morgan fingerprint density at radius 3 is 2.83 bits per heavy atom. The molecule has 0 aromatic carbocycles. The van der Waals surface area contributed by atoms with E-state index < -0.39 is 5.41 Å². The first-order chi connectivity index (χ1) is 11.5. The Morgan fingerprint density at radius 1 is 1.46 bits per heavy atom. The largest absolute Gasteiger partial charge is 0.469 e. The molecule has 1 aliphatic carbocycles. The maximum Gasteiger partial charge on any atom is 0.311 e. The summed E-state index contributed by atoms with van der Waals surface area (Å²) >= 11 is 1.76. The fourth-order valence-corrected chi connectivity index (χ4v) is 4.73. The molecule has 0 bridgehead atoms. The number of ether oxygens (including phenoxy) is 1. The number of piperidine rings is 1. The lowest BCUT2D eigenvalue weighted by Crippen LogP contribution is -2.38. The Hall–Kier alpha value is -0.910. The summed E-state index contributed by atoms with van der Waals surface area (Å²) in [5.41, 5.74) is 1.50. The Balaban J connectivity index is 1.65. The van der Waals surface area contributed by atoms with E-state index in [1.165, 1.54) is 31.9 Å². The Morgan fingerprint density at radius 2 is 2.21 bits per heavy atom. The van der Waals surface area contributed by atoms with Crippen molar-refractivity contribution < 1.29 is 9.53 Å². The SMILES string of the molecule is COC(=O)C(C)(C)CCN(Cc1ccsc1)C1CC12CCNCC2. The van der Waals surface area contributed by atoms with E-state index in [1.807, 2.05) is 13.8 Å². The molecule has 24 heavy (non-hydrogen) atoms. The lowest BCUT2D eigenvalue weighted by molar-refractivity contribution is -0.151. The van der Waals surface area contributed by atoms with Gasteiger partial charge in [-0.25, -0.2) is 0 Å². The van der Waals surface area contributed by atoms with Gasteiger partial charge in [-0.05, 0) is 87.0 Å². The molecule has 1 unspecified atom stereocenters. The van der Waals surface area contributed by atoms with Gasteiger partial charge in [-0.1, -0.05) is 0 Å². The van der Waals surface area contributed by atoms with E-state index in [2.05, 4.69) is 27.0 Å². The molecule has 1 spiro atoms. The Bertz CT molecular complexity index is 550. The van der Waals surface area contributed by atoms with Crippen LogP contribution in [0, 0.1) is 10.8 Å². The van der Waals surface area contributed by atoms with Crippen LogP contribution in [-0.4, -0.2) is 43.7 Å². The van der Waals surface area contributed by atoms with Crippen LogP contribution in [0.15, 0.2) is 16.8 Å². The van der Waals surface area contributed by atoms with Gasteiger partial charge in [-0.15, -0.1) is 0 Å². The van der Waals surface area contributed by atoms with Crippen LogP contribution in [0.5, 0.6) is 0 Å². The number of methoxy groups -OCH3 is 1. The molecule has 1 saturated carbocycles. The number of hydrogen-bond acceptors (Lipinski definition) is 5. The smallest absolute Gasteiger partial charge is 0.311 e. The molecular formula is C19H30N2O2S. The van der Waals surface area contributed by atoms with Crippen molar-refractivity contribution in [2.75, 3.05) is 26.7 Å². The molecule has 0 amide bonds. The molecule has 2 aliphatic rings. The average Bonchev–Trinajstić information content (AvgIpc) is 3.02. The van der Waals surface area contributed by atoms with Crippen molar-refractivity contribution in [3.63, 3.8) is 0 Å². The molecule has 1 aliphatic heterocycles. The fourth-order valence-electron chi connectivity index (χ4n) is 4.07. The maximum absolute atomic E-state index is 12.0. The Labute approximate surface area is 149 Å². The molecule has 2 heterocycles. The van der Waals surface area contributed by atoms with Gasteiger partial charge in [0.1, 0.15) is 0 Å². The zero-order valence-electron chi connectivity index (χ0n) is 15.1. The quantitative estimate of drug-likeness (QED) is 0.766. The first kappa shape index (κ1) is 17.9. The number of nitrogens with zero attached hydrogens (tertiary/aromatic N) is 1. The van der Waals surface area contributed by atoms with Crippen molar-refractivity contribution in [3.05, 3.63) is 22.4 Å². The van der Waals surface area contributed by atoms with Crippen molar-refractivity contribution in [2.45, 2.75) is 52.1 Å². The van der Waals surface area contributed by atoms with Crippen LogP contribution in [0.3, 0.4) is 0 Å². The molecule has 2 fully saturated rings. The molecule has 4 nitrogen and oxygen atoms in total. The number of carbonyl (C=O) groups is 1. The van der Waals surface area contributed by atoms with Crippen LogP contribution >= 0.6 is 11.3 Å². The molecule has 1 aromatic rings. The van der Waals surface area contributed by atoms with Gasteiger partial charge in [0.2, 0.25) is 0 Å². The number of carbonyl (C=O) groups excluding carboxylic acids is 1. The minimum Gasteiger partial charge on any atom is -0.469 e. The van der Waals surface area contributed by atoms with Gasteiger partial charge in [0.25, 0.3) is 0 Å². The highest BCUT2D eigenvalue weighted by Crippen LogP contribution is 2.56. The lowest BCUT2D eigenvalue weighted by atomic mass is 9.88. The first-order valence-corrected chi connectivity index (χ1v) is 9.95. The highest BCUT2D eigenvalue weighted by molar-refractivity contribution is 7.07. The molecular weight excluding hydrogens is 320 g/mol. The van der Waals surface area contributed by atoms with E-state index in [-0.39, 0.29) is 5.97 Å². The minimum atomic E-state index is -0.419. The monoisotopic (exact) mass is 350 g/mol. The van der Waals surface area contributed by atoms with E-state index in [0.29, 0.717) is 11.5 Å². The van der Waals surface area contributed by atoms with Crippen molar-refractivity contribution in [1.82, 2.24) is 10.2 Å². The molecule has 1 saturated heterocycles. The molecule has 5 heteroatoms. The summed E-state index contributed by atoms with van der Waals surface area (Å²) in [5, 5.41) is 7.88. The predicted molar refractivity (Wildman–Crippen MR) is 98.1 cm³/mol. The van der Waals surface area contributed by atoms with E-state index in [0.717, 1.165) is 32.6 Å². The van der Waals surface area contributed by atoms with Crippen LogP contribution in [0.1, 0.15) is 45.1 Å². The summed E-state index contributed by atoms with van der Waals surface area (Å²) in [7, 11) is 1.48. The second kappa shape index (κ2) is 7.14. The van der Waals surface area contributed by atoms with Gasteiger partial charge < -0.3 is 10.1 Å². The highest BCUT2D eigenvalue weighted by Gasteiger charge is 2.56. The average molecular weight is 351 g/mol. The molecule has 1 aromatic heterocycles. The van der Waals surface area contributed by atoms with E-state index in [4.69, 9.17) is 4.74 Å². The van der Waals surface area contributed by atoms with E-state index in [1.54, 1.807) is 11.3 Å². The van der Waals surface area contributed by atoms with Crippen LogP contribution in [0.2, 0.25) is 0 Å². The van der Waals surface area contributed by atoms with Crippen molar-refractivity contribution in [3.8, 4) is 0 Å². The Kier molecular flexibility index (Phi) is 5.33. The highest BCUT2D eigenvalue weighted by atomic mass is 32.1. The van der Waals surface area contributed by atoms with Crippen LogP contribution < -0.4 is 5.32 Å². The standard InChI is InChI=1S/C19H30N2O2S/c1-18(2,17(22)23-3)7-10-21(13-15-4-11-24-14-15)16-12-19(16)5-8-20-9-6-19/h4,11,14,16,20H,5-10,12-13H2,1-3H3. The van der Waals surface area contributed by atoms with Crippen molar-refractivity contribution in [1.29, 1.82) is 0 Å². The normalized spacial score (nSPS) is 22.8. The summed E-state index contributed by atoms with van der Waals surface area (Å²) in [6.07, 6.45) is 4.74. The summed E-state index contributed by atoms with van der Waals surface area (Å²) < 4.78 is 4.98. The van der Waals surface area contributed by atoms with Gasteiger partial charge in [0.05, 0.1) is 12.5 Å². The minimum absolute atomic E-state index is 0.106. The number of esters is 1. The van der Waals surface area contributed by atoms with Gasteiger partial charge in [-0.2, -0.15) is 11.3 Å². The third kappa shape index (κ3) is 3.84. The molecule has 1 atom stereocenters. The summed E-state index contributed by atoms with van der Waals surface area (Å²) in [6.45, 7) is 8.24. The zero-order chi connectivity index (χ0) is 17.2. The van der Waals surface area contributed by atoms with Crippen LogP contribution in [-0.2, 0) is 16.1 Å². The molecule has 1 N–H and O–H groups in total. The van der Waals surface area contributed by atoms with Gasteiger partial charge in [0, 0.05) is 12.6 Å². The van der Waals surface area contributed by atoms with Crippen LogP contribution in [0.4, 0.5) is 0 Å². The molecule has 0 radical (unpaired) electrons. The van der Waals surface area contributed by atoms with E-state index in [9.17, 15) is 4.79 Å². The maximum atomic E-state index is 12.0. The predicted octanol–water partition coefficient (Wildman–Crippen LogP) is 3.28. The first-order valence-electron chi connectivity index (χ1n) is 9.01. The van der Waals surface area contributed by atoms with Gasteiger partial charge in [-0.3, -0.25) is 9.69 Å². The topological polar surface area (TPSA) is 41.6 Å². The lowest BCUT2D eigenvalue weighted by Gasteiger charge is -2.31. The summed E-state index contributed by atoms with van der Waals surface area (Å²) in [5.74, 6) is -0.106. The van der Waals surface area contributed by atoms with E-state index >= 15 is 0 Å². The molecule has 134 valence electrons. The fraction of sp³-hybridized carbons (Fsp3) is 0.737. The van der Waals surface area contributed by atoms with Crippen molar-refractivity contribution >= 4 is 17.3 Å². The van der Waals surface area contributed by atoms with Crippen molar-refractivity contribution in [2.24, 2.45) is 10.8 Å². The van der Waals surface area contributed by atoms with Crippen LogP contribution in [0.25, 0.3) is 0 Å². The third-order valence-corrected chi connectivity index (χ3v) is 6.65. The number of rotatable bonds is 7. The summed E-state index contributed by atoms with van der Waals surface area (Å²) in [4.78, 5) is 14.6. The zero-order valence-corrected chi connectivity index (χ0v) is 16.0. The van der Waals surface area contributed by atoms with Gasteiger partial charge in [0.15, 0.2) is 0 Å². The number of thiophene rings is 1. The summed E-state index contributed by atoms with van der Waals surface area (Å²) in [6, 6.07) is 2.90. The third-order valence-electron chi connectivity index (χ3n) is 5.91. The second-order valence-electron chi connectivity index (χ2n) is 8.06. The second-order valence-corrected chi connectivity index (χ2v) is 8.84. The van der Waals surface area contributed by atoms with Gasteiger partial charge >= 0.3 is 5.97 Å².